The van der Waals surface area contributed by atoms with Crippen LogP contribution in [0.1, 0.15) is 57.9 Å². The van der Waals surface area contributed by atoms with Crippen LogP contribution in [0.2, 0.25) is 0 Å². The number of methoxy groups -OCH3 is 1. The van der Waals surface area contributed by atoms with E-state index in [9.17, 15) is 19.8 Å². The molecular weight excluding hydrogens is 450 g/mol. The van der Waals surface area contributed by atoms with E-state index in [0.717, 1.165) is 29.5 Å². The second kappa shape index (κ2) is 12.8. The number of carbonyl (C=O) groups excluding carboxylic acids is 1. The minimum atomic E-state index is -1.40. The van der Waals surface area contributed by atoms with E-state index in [1.54, 1.807) is 31.4 Å². The van der Waals surface area contributed by atoms with Gasteiger partial charge in [-0.2, -0.15) is 0 Å². The lowest BCUT2D eigenvalue weighted by atomic mass is 10.1. The number of carboxylic acids is 1. The number of hydrogen-bond donors (Lipinski definition) is 2. The molecule has 1 amide bonds. The molecule has 0 aliphatic carbocycles. The average molecular weight is 482 g/mol. The van der Waals surface area contributed by atoms with Gasteiger partial charge in [0.15, 0.2) is 17.5 Å². The zero-order valence-electron chi connectivity index (χ0n) is 18.7. The molecule has 0 bridgehead atoms. The van der Waals surface area contributed by atoms with Gasteiger partial charge in [0, 0.05) is 0 Å². The molecule has 1 aromatic rings. The Morgan fingerprint density at radius 2 is 1.97 bits per heavy atom. The number of aliphatic hydroxyl groups excluding tert-OH is 1. The number of aliphatic hydroxyl groups is 1. The van der Waals surface area contributed by atoms with Crippen LogP contribution in [0.4, 0.5) is 0 Å². The molecule has 2 N–H and O–H groups in total. The van der Waals surface area contributed by atoms with Crippen LogP contribution in [-0.2, 0) is 9.59 Å². The van der Waals surface area contributed by atoms with E-state index in [1.807, 2.05) is 6.92 Å². The largest absolute Gasteiger partial charge is 0.493 e. The summed E-state index contributed by atoms with van der Waals surface area (Å²) in [4.78, 5) is 25.2. The molecule has 1 saturated heterocycles. The Bertz CT molecular complexity index is 857. The number of thiocarbonyl (C=S) groups is 1. The van der Waals surface area contributed by atoms with Crippen molar-refractivity contribution >= 4 is 46.3 Å². The van der Waals surface area contributed by atoms with Gasteiger partial charge in [0.05, 0.1) is 24.7 Å². The first-order valence-electron chi connectivity index (χ1n) is 10.8. The highest BCUT2D eigenvalue weighted by atomic mass is 32.2. The normalized spacial score (nSPS) is 17.0. The number of nitrogens with zero attached hydrogens (tertiary/aromatic N) is 1. The maximum absolute atomic E-state index is 12.7. The van der Waals surface area contributed by atoms with E-state index >= 15 is 0 Å². The summed E-state index contributed by atoms with van der Waals surface area (Å²) in [6.07, 6.45) is 8.70. The van der Waals surface area contributed by atoms with Crippen molar-refractivity contribution in [2.24, 2.45) is 0 Å². The SMILES string of the molecule is CCCCCCC[C@@H](C)Oc1ccc(/C=C2/SC(=S)N([C@H](CO)C(=O)O)C2=O)cc1OC. The Hall–Kier alpha value is -2.10. The zero-order valence-corrected chi connectivity index (χ0v) is 20.3. The minimum absolute atomic E-state index is 0.0547. The third kappa shape index (κ3) is 6.95. The van der Waals surface area contributed by atoms with Crippen LogP contribution in [0.25, 0.3) is 6.08 Å². The van der Waals surface area contributed by atoms with Gasteiger partial charge in [-0.15, -0.1) is 0 Å². The number of unbranched alkanes of at least 4 members (excludes halogenated alkanes) is 4. The summed E-state index contributed by atoms with van der Waals surface area (Å²) in [6, 6.07) is 3.96. The van der Waals surface area contributed by atoms with Crippen LogP contribution in [0.5, 0.6) is 11.5 Å². The summed E-state index contributed by atoms with van der Waals surface area (Å²) in [6.45, 7) is 3.52. The molecule has 176 valence electrons. The molecule has 2 atom stereocenters. The van der Waals surface area contributed by atoms with E-state index in [-0.39, 0.29) is 15.3 Å². The lowest BCUT2D eigenvalue weighted by molar-refractivity contribution is -0.146. The molecule has 32 heavy (non-hydrogen) atoms. The van der Waals surface area contributed by atoms with Crippen LogP contribution in [-0.4, -0.2) is 57.2 Å². The van der Waals surface area contributed by atoms with Crippen molar-refractivity contribution < 1.29 is 29.3 Å². The lowest BCUT2D eigenvalue weighted by Gasteiger charge is -2.20. The highest BCUT2D eigenvalue weighted by Crippen LogP contribution is 2.36. The van der Waals surface area contributed by atoms with Crippen LogP contribution < -0.4 is 9.47 Å². The van der Waals surface area contributed by atoms with Crippen molar-refractivity contribution in [2.45, 2.75) is 64.5 Å². The molecule has 1 aliphatic rings. The number of carboxylic acid groups (broad SMARTS) is 1. The van der Waals surface area contributed by atoms with Gasteiger partial charge in [-0.05, 0) is 43.5 Å². The molecule has 1 fully saturated rings. The van der Waals surface area contributed by atoms with Gasteiger partial charge >= 0.3 is 5.97 Å². The van der Waals surface area contributed by atoms with E-state index in [1.165, 1.54) is 25.7 Å². The van der Waals surface area contributed by atoms with Crippen LogP contribution >= 0.6 is 24.0 Å². The molecule has 1 aromatic carbocycles. The molecule has 0 radical (unpaired) electrons. The Kier molecular flexibility index (Phi) is 10.5. The maximum atomic E-state index is 12.7. The second-order valence-electron chi connectivity index (χ2n) is 7.63. The maximum Gasteiger partial charge on any atom is 0.329 e. The highest BCUT2D eigenvalue weighted by molar-refractivity contribution is 8.26. The molecule has 2 rings (SSSR count). The minimum Gasteiger partial charge on any atom is -0.493 e. The Labute approximate surface area is 198 Å². The predicted molar refractivity (Wildman–Crippen MR) is 130 cm³/mol. The number of hydrogen-bond acceptors (Lipinski definition) is 7. The number of thioether (sulfide) groups is 1. The smallest absolute Gasteiger partial charge is 0.329 e. The zero-order chi connectivity index (χ0) is 23.7. The third-order valence-electron chi connectivity index (χ3n) is 5.12. The first kappa shape index (κ1) is 26.2. The second-order valence-corrected chi connectivity index (χ2v) is 9.31. The Morgan fingerprint density at radius 1 is 1.25 bits per heavy atom. The summed E-state index contributed by atoms with van der Waals surface area (Å²) < 4.78 is 11.6. The quantitative estimate of drug-likeness (QED) is 0.242. The van der Waals surface area contributed by atoms with E-state index in [4.69, 9.17) is 21.7 Å². The molecule has 1 heterocycles. The van der Waals surface area contributed by atoms with Crippen LogP contribution in [0, 0.1) is 0 Å². The first-order valence-corrected chi connectivity index (χ1v) is 12.0. The van der Waals surface area contributed by atoms with Gasteiger partial charge < -0.3 is 19.7 Å². The molecular formula is C23H31NO6S2. The summed E-state index contributed by atoms with van der Waals surface area (Å²) in [5.74, 6) is -0.680. The number of ether oxygens (including phenoxy) is 2. The van der Waals surface area contributed by atoms with Gasteiger partial charge in [-0.25, -0.2) is 4.79 Å². The average Bonchev–Trinajstić information content (AvgIpc) is 3.02. The fourth-order valence-corrected chi connectivity index (χ4v) is 4.71. The van der Waals surface area contributed by atoms with Crippen molar-refractivity contribution in [1.29, 1.82) is 0 Å². The topological polar surface area (TPSA) is 96.3 Å². The van der Waals surface area contributed by atoms with E-state index in [0.29, 0.717) is 17.1 Å². The van der Waals surface area contributed by atoms with Crippen molar-refractivity contribution in [3.05, 3.63) is 28.7 Å². The predicted octanol–water partition coefficient (Wildman–Crippen LogP) is 4.47. The molecule has 0 spiro atoms. The lowest BCUT2D eigenvalue weighted by Crippen LogP contribution is -2.46. The number of aliphatic carboxylic acids is 1. The van der Waals surface area contributed by atoms with Gasteiger partial charge in [0.2, 0.25) is 0 Å². The summed E-state index contributed by atoms with van der Waals surface area (Å²) in [5.41, 5.74) is 0.692. The molecule has 9 heteroatoms. The number of amides is 1. The van der Waals surface area contributed by atoms with Crippen molar-refractivity contribution in [3.63, 3.8) is 0 Å². The molecule has 0 saturated carbocycles. The first-order chi connectivity index (χ1) is 15.3. The molecule has 0 unspecified atom stereocenters. The number of carbonyl (C=O) groups is 2. The molecule has 0 aromatic heterocycles. The third-order valence-corrected chi connectivity index (χ3v) is 6.45. The fraction of sp³-hybridized carbons (Fsp3) is 0.522. The monoisotopic (exact) mass is 481 g/mol. The van der Waals surface area contributed by atoms with Crippen molar-refractivity contribution in [3.8, 4) is 11.5 Å². The molecule has 7 nitrogen and oxygen atoms in total. The Morgan fingerprint density at radius 3 is 2.59 bits per heavy atom. The van der Waals surface area contributed by atoms with Crippen molar-refractivity contribution in [2.75, 3.05) is 13.7 Å². The standard InChI is InChI=1S/C23H31NO6S2/c1-4-5-6-7-8-9-15(2)30-18-11-10-16(12-19(18)29-3)13-20-21(26)24(23(31)32-20)17(14-25)22(27)28/h10-13,15,17,25H,4-9,14H2,1-3H3,(H,27,28)/b20-13+/t15-,17-/m1/s1. The van der Waals surface area contributed by atoms with Crippen LogP contribution in [0.15, 0.2) is 23.1 Å². The fourth-order valence-electron chi connectivity index (χ4n) is 3.35. The summed E-state index contributed by atoms with van der Waals surface area (Å²) in [7, 11) is 1.56. The number of rotatable bonds is 13. The van der Waals surface area contributed by atoms with Crippen LogP contribution in [0.3, 0.4) is 0 Å². The van der Waals surface area contributed by atoms with Gasteiger partial charge in [0.1, 0.15) is 4.32 Å². The summed E-state index contributed by atoms with van der Waals surface area (Å²) in [5, 5.41) is 18.6. The van der Waals surface area contributed by atoms with Gasteiger partial charge in [-0.3, -0.25) is 9.69 Å². The Balaban J connectivity index is 2.09. The van der Waals surface area contributed by atoms with Crippen molar-refractivity contribution in [1.82, 2.24) is 4.90 Å². The molecule has 1 aliphatic heterocycles. The summed E-state index contributed by atoms with van der Waals surface area (Å²) >= 11 is 6.16. The van der Waals surface area contributed by atoms with Gasteiger partial charge in [0.25, 0.3) is 5.91 Å². The van der Waals surface area contributed by atoms with E-state index < -0.39 is 24.5 Å². The van der Waals surface area contributed by atoms with E-state index in [2.05, 4.69) is 6.92 Å². The van der Waals surface area contributed by atoms with Gasteiger partial charge in [-0.1, -0.05) is 62.7 Å². The highest BCUT2D eigenvalue weighted by Gasteiger charge is 2.40. The number of benzene rings is 1.